The van der Waals surface area contributed by atoms with Gasteiger partial charge >= 0.3 is 0 Å². The Morgan fingerprint density at radius 2 is 1.68 bits per heavy atom. The number of nitrogens with one attached hydrogen (secondary N) is 3. The first kappa shape index (κ1) is 17.9. The van der Waals surface area contributed by atoms with E-state index in [2.05, 4.69) is 21.7 Å². The molecule has 0 spiro atoms. The van der Waals surface area contributed by atoms with Crippen molar-refractivity contribution in [2.24, 2.45) is 0 Å². The average molecular weight is 269 g/mol. The molecule has 0 saturated carbocycles. The first-order chi connectivity index (χ1) is 9.06. The van der Waals surface area contributed by atoms with E-state index in [-0.39, 0.29) is 12.5 Å². The summed E-state index contributed by atoms with van der Waals surface area (Å²) in [6.45, 7) is 9.51. The van der Waals surface area contributed by atoms with Gasteiger partial charge in [0, 0.05) is 39.1 Å². The number of amides is 1. The molecular formula is C14H27N3O2. The van der Waals surface area contributed by atoms with Gasteiger partial charge < -0.3 is 21.1 Å². The van der Waals surface area contributed by atoms with Crippen molar-refractivity contribution in [1.29, 1.82) is 0 Å². The summed E-state index contributed by atoms with van der Waals surface area (Å²) in [7, 11) is 0. The summed E-state index contributed by atoms with van der Waals surface area (Å²) in [6.07, 6.45) is 0.474. The lowest BCUT2D eigenvalue weighted by Gasteiger charge is -2.06. The predicted octanol–water partition coefficient (Wildman–Crippen LogP) is 0.176. The zero-order chi connectivity index (χ0) is 14.5. The van der Waals surface area contributed by atoms with Crippen molar-refractivity contribution in [3.8, 4) is 0 Å². The van der Waals surface area contributed by atoms with Crippen LogP contribution in [-0.2, 0) is 4.79 Å². The molecular weight excluding hydrogens is 242 g/mol. The van der Waals surface area contributed by atoms with Crippen LogP contribution < -0.4 is 16.0 Å². The maximum absolute atomic E-state index is 11.5. The van der Waals surface area contributed by atoms with E-state index >= 15 is 0 Å². The molecule has 110 valence electrons. The molecule has 0 aliphatic heterocycles. The largest absolute Gasteiger partial charge is 0.395 e. The molecule has 0 heterocycles. The zero-order valence-corrected chi connectivity index (χ0v) is 12.3. The number of carbonyl (C=O) groups is 1. The summed E-state index contributed by atoms with van der Waals surface area (Å²) < 4.78 is 0. The van der Waals surface area contributed by atoms with Gasteiger partial charge in [-0.1, -0.05) is 0 Å². The van der Waals surface area contributed by atoms with Gasteiger partial charge in [-0.05, 0) is 31.9 Å². The van der Waals surface area contributed by atoms with E-state index in [4.69, 9.17) is 5.11 Å². The van der Waals surface area contributed by atoms with E-state index in [0.717, 1.165) is 24.2 Å². The van der Waals surface area contributed by atoms with Crippen molar-refractivity contribution >= 4 is 5.91 Å². The van der Waals surface area contributed by atoms with Crippen LogP contribution in [0.2, 0.25) is 0 Å². The second kappa shape index (κ2) is 11.9. The molecule has 0 aromatic rings. The zero-order valence-electron chi connectivity index (χ0n) is 12.3. The van der Waals surface area contributed by atoms with Crippen LogP contribution in [0.15, 0.2) is 16.9 Å². The first-order valence-corrected chi connectivity index (χ1v) is 6.75. The smallest absolute Gasteiger partial charge is 0.221 e. The van der Waals surface area contributed by atoms with Crippen molar-refractivity contribution in [3.63, 3.8) is 0 Å². The Morgan fingerprint density at radius 1 is 1.05 bits per heavy atom. The molecule has 4 N–H and O–H groups in total. The summed E-state index contributed by atoms with van der Waals surface area (Å²) in [5.41, 5.74) is 5.32. The lowest BCUT2D eigenvalue weighted by atomic mass is 10.2. The molecule has 0 aromatic heterocycles. The SMILES string of the molecule is CC(C)=C=C(C)CNC(=O)CCNCCNCCO. The van der Waals surface area contributed by atoms with Crippen LogP contribution in [0, 0.1) is 0 Å². The molecule has 0 atom stereocenters. The van der Waals surface area contributed by atoms with Crippen molar-refractivity contribution in [2.75, 3.05) is 39.3 Å². The minimum absolute atomic E-state index is 0.0470. The molecule has 0 aliphatic rings. The minimum atomic E-state index is 0.0470. The fourth-order valence-corrected chi connectivity index (χ4v) is 1.50. The summed E-state index contributed by atoms with van der Waals surface area (Å²) >= 11 is 0. The minimum Gasteiger partial charge on any atom is -0.395 e. The van der Waals surface area contributed by atoms with Crippen LogP contribution in [0.3, 0.4) is 0 Å². The number of aliphatic hydroxyl groups excluding tert-OH is 1. The Morgan fingerprint density at radius 3 is 2.26 bits per heavy atom. The average Bonchev–Trinajstić information content (AvgIpc) is 2.34. The Labute approximate surface area is 116 Å². The van der Waals surface area contributed by atoms with Gasteiger partial charge in [-0.25, -0.2) is 0 Å². The van der Waals surface area contributed by atoms with E-state index < -0.39 is 0 Å². The molecule has 0 bridgehead atoms. The van der Waals surface area contributed by atoms with Gasteiger partial charge in [0.15, 0.2) is 0 Å². The monoisotopic (exact) mass is 269 g/mol. The summed E-state index contributed by atoms with van der Waals surface area (Å²) in [5, 5.41) is 17.6. The van der Waals surface area contributed by atoms with Gasteiger partial charge in [0.25, 0.3) is 0 Å². The molecule has 0 unspecified atom stereocenters. The third-order valence-corrected chi connectivity index (χ3v) is 2.31. The number of hydrogen-bond acceptors (Lipinski definition) is 4. The standard InChI is InChI=1S/C14H27N3O2/c1-12(2)10-13(3)11-17-14(19)4-5-15-6-7-16-8-9-18/h15-16,18H,4-9,11H2,1-3H3,(H,17,19). The molecule has 19 heavy (non-hydrogen) atoms. The molecule has 0 rings (SSSR count). The van der Waals surface area contributed by atoms with Crippen molar-refractivity contribution in [1.82, 2.24) is 16.0 Å². The molecule has 0 saturated heterocycles. The maximum Gasteiger partial charge on any atom is 0.221 e. The van der Waals surface area contributed by atoms with E-state index in [1.807, 2.05) is 20.8 Å². The Kier molecular flexibility index (Phi) is 11.2. The Bertz CT molecular complexity index is 317. The Balaban J connectivity index is 3.53. The second-order valence-corrected chi connectivity index (χ2v) is 4.66. The lowest BCUT2D eigenvalue weighted by Crippen LogP contribution is -2.32. The van der Waals surface area contributed by atoms with Gasteiger partial charge in [0.2, 0.25) is 5.91 Å². The summed E-state index contributed by atoms with van der Waals surface area (Å²) in [6, 6.07) is 0. The highest BCUT2D eigenvalue weighted by atomic mass is 16.3. The number of rotatable bonds is 10. The maximum atomic E-state index is 11.5. The van der Waals surface area contributed by atoms with Crippen LogP contribution in [-0.4, -0.2) is 50.3 Å². The van der Waals surface area contributed by atoms with Crippen molar-refractivity contribution in [3.05, 3.63) is 16.9 Å². The molecule has 1 amide bonds. The van der Waals surface area contributed by atoms with Crippen LogP contribution in [0.1, 0.15) is 27.2 Å². The van der Waals surface area contributed by atoms with E-state index in [9.17, 15) is 4.79 Å². The number of carbonyl (C=O) groups excluding carboxylic acids is 1. The fourth-order valence-electron chi connectivity index (χ4n) is 1.50. The molecule has 5 heteroatoms. The highest BCUT2D eigenvalue weighted by Gasteiger charge is 2.00. The van der Waals surface area contributed by atoms with Gasteiger partial charge in [0.1, 0.15) is 0 Å². The van der Waals surface area contributed by atoms with Crippen LogP contribution >= 0.6 is 0 Å². The van der Waals surface area contributed by atoms with Crippen molar-refractivity contribution in [2.45, 2.75) is 27.2 Å². The van der Waals surface area contributed by atoms with Crippen LogP contribution in [0.4, 0.5) is 0 Å². The third kappa shape index (κ3) is 13.1. The predicted molar refractivity (Wildman–Crippen MR) is 78.0 cm³/mol. The summed E-state index contributed by atoms with van der Waals surface area (Å²) in [5.74, 6) is 0.0470. The van der Waals surface area contributed by atoms with Gasteiger partial charge in [0.05, 0.1) is 6.61 Å². The highest BCUT2D eigenvalue weighted by molar-refractivity contribution is 5.76. The highest BCUT2D eigenvalue weighted by Crippen LogP contribution is 1.92. The quantitative estimate of drug-likeness (QED) is 0.337. The summed E-state index contributed by atoms with van der Waals surface area (Å²) in [4.78, 5) is 11.5. The van der Waals surface area contributed by atoms with E-state index in [1.54, 1.807) is 0 Å². The molecule has 0 radical (unpaired) electrons. The van der Waals surface area contributed by atoms with Crippen LogP contribution in [0.5, 0.6) is 0 Å². The number of aliphatic hydroxyl groups is 1. The molecule has 0 fully saturated rings. The van der Waals surface area contributed by atoms with Gasteiger partial charge in [-0.15, -0.1) is 5.73 Å². The molecule has 0 aliphatic carbocycles. The van der Waals surface area contributed by atoms with Crippen molar-refractivity contribution < 1.29 is 9.90 Å². The lowest BCUT2D eigenvalue weighted by molar-refractivity contribution is -0.120. The normalized spacial score (nSPS) is 9.89. The third-order valence-electron chi connectivity index (χ3n) is 2.31. The van der Waals surface area contributed by atoms with Gasteiger partial charge in [-0.3, -0.25) is 4.79 Å². The molecule has 5 nitrogen and oxygen atoms in total. The first-order valence-electron chi connectivity index (χ1n) is 6.75. The van der Waals surface area contributed by atoms with Crippen LogP contribution in [0.25, 0.3) is 0 Å². The van der Waals surface area contributed by atoms with E-state index in [1.165, 1.54) is 0 Å². The topological polar surface area (TPSA) is 73.4 Å². The number of hydrogen-bond donors (Lipinski definition) is 4. The Hall–Kier alpha value is -1.13. The van der Waals surface area contributed by atoms with Gasteiger partial charge in [-0.2, -0.15) is 0 Å². The molecule has 0 aromatic carbocycles. The fraction of sp³-hybridized carbons (Fsp3) is 0.714. The van der Waals surface area contributed by atoms with E-state index in [0.29, 0.717) is 26.1 Å². The second-order valence-electron chi connectivity index (χ2n) is 4.66.